The van der Waals surface area contributed by atoms with Crippen molar-refractivity contribution in [2.45, 2.75) is 6.42 Å². The minimum absolute atomic E-state index is 0.0249. The van der Waals surface area contributed by atoms with E-state index in [0.29, 0.717) is 50.0 Å². The average Bonchev–Trinajstić information content (AvgIpc) is 2.62. The molecule has 0 aromatic heterocycles. The van der Waals surface area contributed by atoms with Crippen LogP contribution in [0.3, 0.4) is 0 Å². The molecule has 1 aromatic rings. The number of ether oxygens (including phenoxy) is 3. The SMILES string of the molecule is NCC1(C(=O)c2ccc3c(c2)OCCCO3)COC1. The van der Waals surface area contributed by atoms with Gasteiger partial charge in [-0.05, 0) is 18.2 Å². The van der Waals surface area contributed by atoms with Gasteiger partial charge in [0.15, 0.2) is 17.3 Å². The third-order valence-electron chi connectivity index (χ3n) is 3.64. The summed E-state index contributed by atoms with van der Waals surface area (Å²) in [5.41, 5.74) is 5.77. The molecule has 3 rings (SSSR count). The molecule has 0 bridgehead atoms. The molecular formula is C14H17NO4. The predicted octanol–water partition coefficient (Wildman–Crippen LogP) is 1.01. The van der Waals surface area contributed by atoms with Gasteiger partial charge in [0.25, 0.3) is 0 Å². The molecule has 1 saturated heterocycles. The summed E-state index contributed by atoms with van der Waals surface area (Å²) in [7, 11) is 0. The first kappa shape index (κ1) is 12.4. The minimum atomic E-state index is -0.556. The van der Waals surface area contributed by atoms with Crippen molar-refractivity contribution in [3.8, 4) is 11.5 Å². The van der Waals surface area contributed by atoms with Gasteiger partial charge in [-0.1, -0.05) is 0 Å². The Bertz CT molecular complexity index is 491. The van der Waals surface area contributed by atoms with Crippen LogP contribution in [0.1, 0.15) is 16.8 Å². The van der Waals surface area contributed by atoms with Gasteiger partial charge in [-0.2, -0.15) is 0 Å². The average molecular weight is 263 g/mol. The fraction of sp³-hybridized carbons (Fsp3) is 0.500. The van der Waals surface area contributed by atoms with E-state index in [0.717, 1.165) is 6.42 Å². The molecule has 5 heteroatoms. The zero-order chi connectivity index (χ0) is 13.3. The van der Waals surface area contributed by atoms with E-state index in [1.54, 1.807) is 18.2 Å². The number of ketones is 1. The van der Waals surface area contributed by atoms with E-state index >= 15 is 0 Å². The quantitative estimate of drug-likeness (QED) is 0.824. The smallest absolute Gasteiger partial charge is 0.175 e. The van der Waals surface area contributed by atoms with E-state index in [9.17, 15) is 4.79 Å². The van der Waals surface area contributed by atoms with Crippen LogP contribution in [0.25, 0.3) is 0 Å². The van der Waals surface area contributed by atoms with E-state index in [1.165, 1.54) is 0 Å². The van der Waals surface area contributed by atoms with Gasteiger partial charge in [0.05, 0.1) is 31.8 Å². The first-order chi connectivity index (χ1) is 9.25. The molecule has 0 spiro atoms. The molecule has 0 unspecified atom stereocenters. The molecule has 5 nitrogen and oxygen atoms in total. The lowest BCUT2D eigenvalue weighted by Gasteiger charge is -2.38. The Kier molecular flexibility index (Phi) is 3.16. The lowest BCUT2D eigenvalue weighted by Crippen LogP contribution is -2.54. The summed E-state index contributed by atoms with van der Waals surface area (Å²) >= 11 is 0. The summed E-state index contributed by atoms with van der Waals surface area (Å²) in [6.07, 6.45) is 0.846. The van der Waals surface area contributed by atoms with Gasteiger partial charge < -0.3 is 19.9 Å². The topological polar surface area (TPSA) is 70.8 Å². The van der Waals surface area contributed by atoms with Crippen molar-refractivity contribution >= 4 is 5.78 Å². The van der Waals surface area contributed by atoms with E-state index in [4.69, 9.17) is 19.9 Å². The van der Waals surface area contributed by atoms with Crippen molar-refractivity contribution in [3.63, 3.8) is 0 Å². The summed E-state index contributed by atoms with van der Waals surface area (Å²) < 4.78 is 16.3. The van der Waals surface area contributed by atoms with Gasteiger partial charge >= 0.3 is 0 Å². The van der Waals surface area contributed by atoms with Crippen LogP contribution in [-0.2, 0) is 4.74 Å². The highest BCUT2D eigenvalue weighted by molar-refractivity contribution is 6.02. The molecule has 2 aliphatic rings. The van der Waals surface area contributed by atoms with E-state index < -0.39 is 5.41 Å². The van der Waals surface area contributed by atoms with Gasteiger partial charge in [0.1, 0.15) is 0 Å². The molecule has 2 N–H and O–H groups in total. The van der Waals surface area contributed by atoms with Crippen LogP contribution in [-0.4, -0.2) is 38.8 Å². The van der Waals surface area contributed by atoms with Crippen molar-refractivity contribution in [1.29, 1.82) is 0 Å². The third kappa shape index (κ3) is 2.09. The molecule has 1 aromatic carbocycles. The number of Topliss-reactive ketones (excluding diaryl/α,β-unsaturated/α-hetero) is 1. The minimum Gasteiger partial charge on any atom is -0.490 e. The molecular weight excluding hydrogens is 246 g/mol. The van der Waals surface area contributed by atoms with Gasteiger partial charge in [-0.3, -0.25) is 4.79 Å². The fourth-order valence-corrected chi connectivity index (χ4v) is 2.30. The molecule has 0 radical (unpaired) electrons. The summed E-state index contributed by atoms with van der Waals surface area (Å²) in [4.78, 5) is 12.5. The van der Waals surface area contributed by atoms with Gasteiger partial charge in [0, 0.05) is 18.5 Å². The standard InChI is InChI=1S/C14H17NO4/c15-7-14(8-17-9-14)13(16)10-2-3-11-12(6-10)19-5-1-4-18-11/h2-3,6H,1,4-5,7-9,15H2. The van der Waals surface area contributed by atoms with Crippen molar-refractivity contribution in [2.75, 3.05) is 33.0 Å². The Hall–Kier alpha value is -1.59. The Labute approximate surface area is 111 Å². The molecule has 0 amide bonds. The van der Waals surface area contributed by atoms with Crippen molar-refractivity contribution in [2.24, 2.45) is 11.1 Å². The fourth-order valence-electron chi connectivity index (χ4n) is 2.30. The second-order valence-corrected chi connectivity index (χ2v) is 5.02. The number of hydrogen-bond donors (Lipinski definition) is 1. The van der Waals surface area contributed by atoms with Gasteiger partial charge in [-0.25, -0.2) is 0 Å². The first-order valence-corrected chi connectivity index (χ1v) is 6.47. The summed E-state index contributed by atoms with van der Waals surface area (Å²) in [6, 6.07) is 5.31. The maximum atomic E-state index is 12.5. The Morgan fingerprint density at radius 3 is 2.58 bits per heavy atom. The van der Waals surface area contributed by atoms with E-state index in [2.05, 4.69) is 0 Å². The Balaban J connectivity index is 1.89. The summed E-state index contributed by atoms with van der Waals surface area (Å²) in [5.74, 6) is 1.35. The number of benzene rings is 1. The molecule has 102 valence electrons. The molecule has 2 aliphatic heterocycles. The molecule has 2 heterocycles. The highest BCUT2D eigenvalue weighted by atomic mass is 16.5. The second kappa shape index (κ2) is 4.83. The molecule has 1 fully saturated rings. The van der Waals surface area contributed by atoms with Crippen LogP contribution in [0.5, 0.6) is 11.5 Å². The van der Waals surface area contributed by atoms with Crippen LogP contribution in [0.15, 0.2) is 18.2 Å². The molecule has 0 aliphatic carbocycles. The van der Waals surface area contributed by atoms with Crippen molar-refractivity contribution < 1.29 is 19.0 Å². The lowest BCUT2D eigenvalue weighted by molar-refractivity contribution is -0.0816. The highest BCUT2D eigenvalue weighted by Crippen LogP contribution is 2.35. The number of carbonyl (C=O) groups excluding carboxylic acids is 1. The second-order valence-electron chi connectivity index (χ2n) is 5.02. The maximum absolute atomic E-state index is 12.5. The molecule has 19 heavy (non-hydrogen) atoms. The third-order valence-corrected chi connectivity index (χ3v) is 3.64. The number of carbonyl (C=O) groups is 1. The maximum Gasteiger partial charge on any atom is 0.175 e. The number of fused-ring (bicyclic) bond motifs is 1. The summed E-state index contributed by atoms with van der Waals surface area (Å²) in [6.45, 7) is 2.35. The van der Waals surface area contributed by atoms with Crippen molar-refractivity contribution in [3.05, 3.63) is 23.8 Å². The monoisotopic (exact) mass is 263 g/mol. The number of hydrogen-bond acceptors (Lipinski definition) is 5. The van der Waals surface area contributed by atoms with Crippen LogP contribution in [0.4, 0.5) is 0 Å². The number of rotatable bonds is 3. The first-order valence-electron chi connectivity index (χ1n) is 6.47. The van der Waals surface area contributed by atoms with Gasteiger partial charge in [0.2, 0.25) is 0 Å². The van der Waals surface area contributed by atoms with E-state index in [1.807, 2.05) is 0 Å². The Morgan fingerprint density at radius 2 is 1.95 bits per heavy atom. The largest absolute Gasteiger partial charge is 0.490 e. The normalized spacial score (nSPS) is 20.3. The van der Waals surface area contributed by atoms with Gasteiger partial charge in [-0.15, -0.1) is 0 Å². The predicted molar refractivity (Wildman–Crippen MR) is 68.7 cm³/mol. The zero-order valence-corrected chi connectivity index (χ0v) is 10.7. The van der Waals surface area contributed by atoms with Crippen LogP contribution < -0.4 is 15.2 Å². The van der Waals surface area contributed by atoms with Crippen LogP contribution >= 0.6 is 0 Å². The lowest BCUT2D eigenvalue weighted by atomic mass is 9.78. The molecule has 0 saturated carbocycles. The van der Waals surface area contributed by atoms with E-state index in [-0.39, 0.29) is 5.78 Å². The van der Waals surface area contributed by atoms with Crippen LogP contribution in [0.2, 0.25) is 0 Å². The Morgan fingerprint density at radius 1 is 1.21 bits per heavy atom. The summed E-state index contributed by atoms with van der Waals surface area (Å²) in [5, 5.41) is 0. The molecule has 0 atom stereocenters. The van der Waals surface area contributed by atoms with Crippen LogP contribution in [0, 0.1) is 5.41 Å². The van der Waals surface area contributed by atoms with Crippen molar-refractivity contribution in [1.82, 2.24) is 0 Å². The number of nitrogens with two attached hydrogens (primary N) is 1. The highest BCUT2D eigenvalue weighted by Gasteiger charge is 2.45. The zero-order valence-electron chi connectivity index (χ0n) is 10.7.